The van der Waals surface area contributed by atoms with Crippen molar-refractivity contribution in [3.63, 3.8) is 0 Å². The van der Waals surface area contributed by atoms with Crippen LogP contribution in [0, 0.1) is 0 Å². The van der Waals surface area contributed by atoms with Gasteiger partial charge in [-0.15, -0.1) is 0 Å². The quantitative estimate of drug-likeness (QED) is 0.898. The summed E-state index contributed by atoms with van der Waals surface area (Å²) < 4.78 is 0. The summed E-state index contributed by atoms with van der Waals surface area (Å²) in [6.45, 7) is 5.10. The van der Waals surface area contributed by atoms with E-state index in [2.05, 4.69) is 38.1 Å². The van der Waals surface area contributed by atoms with Gasteiger partial charge in [0, 0.05) is 43.9 Å². The predicted molar refractivity (Wildman–Crippen MR) is 104 cm³/mol. The van der Waals surface area contributed by atoms with E-state index in [0.717, 1.165) is 55.1 Å². The van der Waals surface area contributed by atoms with Crippen molar-refractivity contribution in [2.45, 2.75) is 51.4 Å². The first-order chi connectivity index (χ1) is 13.3. The van der Waals surface area contributed by atoms with Gasteiger partial charge >= 0.3 is 0 Å². The Kier molecular flexibility index (Phi) is 5.36. The second kappa shape index (κ2) is 8.06. The Morgan fingerprint density at radius 1 is 1.15 bits per heavy atom. The number of anilines is 1. The highest BCUT2D eigenvalue weighted by Crippen LogP contribution is 2.33. The van der Waals surface area contributed by atoms with Gasteiger partial charge in [0.2, 0.25) is 0 Å². The number of piperazine rings is 1. The zero-order chi connectivity index (χ0) is 18.6. The van der Waals surface area contributed by atoms with Gasteiger partial charge in [0.1, 0.15) is 12.1 Å². The van der Waals surface area contributed by atoms with Crippen LogP contribution in [0.1, 0.15) is 66.7 Å². The molecule has 1 aliphatic heterocycles. The first-order valence-electron chi connectivity index (χ1n) is 10.1. The van der Waals surface area contributed by atoms with Crippen LogP contribution in [0.25, 0.3) is 0 Å². The highest BCUT2D eigenvalue weighted by atomic mass is 16.2. The number of rotatable bonds is 4. The van der Waals surface area contributed by atoms with E-state index in [1.807, 2.05) is 4.90 Å². The molecule has 1 N–H and O–H groups in total. The molecule has 0 unspecified atom stereocenters. The minimum Gasteiger partial charge on any atom is -0.353 e. The lowest BCUT2D eigenvalue weighted by Gasteiger charge is -2.35. The third kappa shape index (κ3) is 3.82. The Hall–Kier alpha value is -2.44. The average molecular weight is 368 g/mol. The molecule has 2 aromatic heterocycles. The van der Waals surface area contributed by atoms with E-state index < -0.39 is 0 Å². The summed E-state index contributed by atoms with van der Waals surface area (Å²) >= 11 is 0. The molecule has 27 heavy (non-hydrogen) atoms. The lowest BCUT2D eigenvalue weighted by atomic mass is 9.85. The standard InChI is InChI=1S/C20H28N6O/c1-2-16-12-18(22-14-21-16)25-8-10-26(11-9-25)20(27)17-13-23-24-19(17)15-6-4-3-5-7-15/h12-15H,2-11H2,1H3,(H,23,24). The summed E-state index contributed by atoms with van der Waals surface area (Å²) in [6, 6.07) is 2.05. The number of hydrogen-bond acceptors (Lipinski definition) is 5. The number of H-pyrrole nitrogens is 1. The molecule has 0 spiro atoms. The van der Waals surface area contributed by atoms with Crippen molar-refractivity contribution in [2.24, 2.45) is 0 Å². The smallest absolute Gasteiger partial charge is 0.257 e. The number of carbonyl (C=O) groups is 1. The van der Waals surface area contributed by atoms with Gasteiger partial charge in [-0.3, -0.25) is 9.89 Å². The first-order valence-corrected chi connectivity index (χ1v) is 10.1. The van der Waals surface area contributed by atoms with Crippen molar-refractivity contribution in [1.29, 1.82) is 0 Å². The highest BCUT2D eigenvalue weighted by Gasteiger charge is 2.28. The van der Waals surface area contributed by atoms with Gasteiger partial charge < -0.3 is 9.80 Å². The van der Waals surface area contributed by atoms with Crippen LogP contribution >= 0.6 is 0 Å². The van der Waals surface area contributed by atoms with Crippen molar-refractivity contribution in [3.05, 3.63) is 35.5 Å². The highest BCUT2D eigenvalue weighted by molar-refractivity contribution is 5.95. The van der Waals surface area contributed by atoms with Gasteiger partial charge in [0.15, 0.2) is 0 Å². The number of amides is 1. The van der Waals surface area contributed by atoms with Crippen LogP contribution in [-0.2, 0) is 6.42 Å². The van der Waals surface area contributed by atoms with Crippen LogP contribution in [-0.4, -0.2) is 57.2 Å². The fourth-order valence-corrected chi connectivity index (χ4v) is 4.23. The molecule has 1 aliphatic carbocycles. The van der Waals surface area contributed by atoms with Crippen LogP contribution in [0.5, 0.6) is 0 Å². The van der Waals surface area contributed by atoms with E-state index >= 15 is 0 Å². The normalized spacial score (nSPS) is 18.7. The molecule has 144 valence electrons. The van der Waals surface area contributed by atoms with E-state index in [9.17, 15) is 4.79 Å². The van der Waals surface area contributed by atoms with Crippen LogP contribution in [0.15, 0.2) is 18.6 Å². The maximum absolute atomic E-state index is 13.1. The van der Waals surface area contributed by atoms with Gasteiger partial charge in [-0.2, -0.15) is 5.10 Å². The topological polar surface area (TPSA) is 78.0 Å². The number of carbonyl (C=O) groups excluding carboxylic acids is 1. The molecule has 2 aromatic rings. The van der Waals surface area contributed by atoms with Gasteiger partial charge in [-0.1, -0.05) is 26.2 Å². The molecule has 1 saturated carbocycles. The van der Waals surface area contributed by atoms with E-state index in [0.29, 0.717) is 19.0 Å². The monoisotopic (exact) mass is 368 g/mol. The lowest BCUT2D eigenvalue weighted by molar-refractivity contribution is 0.0744. The lowest BCUT2D eigenvalue weighted by Crippen LogP contribution is -2.49. The average Bonchev–Trinajstić information content (AvgIpc) is 3.24. The summed E-state index contributed by atoms with van der Waals surface area (Å²) in [6.07, 6.45) is 10.4. The largest absolute Gasteiger partial charge is 0.353 e. The molecule has 1 saturated heterocycles. The van der Waals surface area contributed by atoms with Crippen LogP contribution in [0.2, 0.25) is 0 Å². The molecule has 3 heterocycles. The molecule has 7 heteroatoms. The summed E-state index contributed by atoms with van der Waals surface area (Å²) in [5.41, 5.74) is 2.87. The number of aromatic amines is 1. The van der Waals surface area contributed by atoms with Crippen LogP contribution in [0.3, 0.4) is 0 Å². The molecule has 4 rings (SSSR count). The molecule has 2 fully saturated rings. The molecule has 7 nitrogen and oxygen atoms in total. The van der Waals surface area contributed by atoms with E-state index in [4.69, 9.17) is 0 Å². The molecular weight excluding hydrogens is 340 g/mol. The number of aryl methyl sites for hydroxylation is 1. The Bertz CT molecular complexity index is 774. The predicted octanol–water partition coefficient (Wildman–Crippen LogP) is 2.77. The zero-order valence-electron chi connectivity index (χ0n) is 16.0. The van der Waals surface area contributed by atoms with Crippen molar-refractivity contribution in [1.82, 2.24) is 25.1 Å². The second-order valence-electron chi connectivity index (χ2n) is 7.53. The van der Waals surface area contributed by atoms with Crippen molar-refractivity contribution in [3.8, 4) is 0 Å². The summed E-state index contributed by atoms with van der Waals surface area (Å²) in [5, 5.41) is 7.31. The third-order valence-corrected chi connectivity index (χ3v) is 5.88. The minimum atomic E-state index is 0.112. The molecule has 0 aromatic carbocycles. The number of nitrogens with one attached hydrogen (secondary N) is 1. The Balaban J connectivity index is 1.41. The minimum absolute atomic E-state index is 0.112. The first kappa shape index (κ1) is 17.9. The van der Waals surface area contributed by atoms with E-state index in [-0.39, 0.29) is 5.91 Å². The van der Waals surface area contributed by atoms with E-state index in [1.165, 1.54) is 19.3 Å². The summed E-state index contributed by atoms with van der Waals surface area (Å²) in [7, 11) is 0. The van der Waals surface area contributed by atoms with Gasteiger partial charge in [-0.25, -0.2) is 9.97 Å². The third-order valence-electron chi connectivity index (χ3n) is 5.88. The number of nitrogens with zero attached hydrogens (tertiary/aromatic N) is 5. The molecule has 1 amide bonds. The Morgan fingerprint density at radius 3 is 2.67 bits per heavy atom. The summed E-state index contributed by atoms with van der Waals surface area (Å²) in [4.78, 5) is 26.0. The fourth-order valence-electron chi connectivity index (χ4n) is 4.23. The summed E-state index contributed by atoms with van der Waals surface area (Å²) in [5.74, 6) is 1.52. The Morgan fingerprint density at radius 2 is 1.93 bits per heavy atom. The molecule has 0 atom stereocenters. The molecular formula is C20H28N6O. The maximum atomic E-state index is 13.1. The number of aromatic nitrogens is 4. The van der Waals surface area contributed by atoms with Gasteiger partial charge in [0.05, 0.1) is 17.5 Å². The van der Waals surface area contributed by atoms with Crippen molar-refractivity contribution in [2.75, 3.05) is 31.1 Å². The zero-order valence-corrected chi connectivity index (χ0v) is 16.0. The van der Waals surface area contributed by atoms with Crippen LogP contribution < -0.4 is 4.90 Å². The molecule has 2 aliphatic rings. The maximum Gasteiger partial charge on any atom is 0.257 e. The Labute approximate surface area is 160 Å². The van der Waals surface area contributed by atoms with E-state index in [1.54, 1.807) is 12.5 Å². The molecule has 0 radical (unpaired) electrons. The van der Waals surface area contributed by atoms with Crippen molar-refractivity contribution < 1.29 is 4.79 Å². The number of hydrogen-bond donors (Lipinski definition) is 1. The SMILES string of the molecule is CCc1cc(N2CCN(C(=O)c3cn[nH]c3C3CCCCC3)CC2)ncn1. The fraction of sp³-hybridized carbons (Fsp3) is 0.600. The van der Waals surface area contributed by atoms with Crippen LogP contribution in [0.4, 0.5) is 5.82 Å². The second-order valence-corrected chi connectivity index (χ2v) is 7.53. The van der Waals surface area contributed by atoms with Crippen molar-refractivity contribution >= 4 is 11.7 Å². The van der Waals surface area contributed by atoms with Gasteiger partial charge in [0.25, 0.3) is 5.91 Å². The van der Waals surface area contributed by atoms with Gasteiger partial charge in [-0.05, 0) is 19.3 Å². The molecule has 0 bridgehead atoms.